The van der Waals surface area contributed by atoms with Gasteiger partial charge in [-0.2, -0.15) is 5.26 Å². The highest BCUT2D eigenvalue weighted by Gasteiger charge is 2.26. The number of hydrogen-bond donors (Lipinski definition) is 2. The molecule has 0 amide bonds. The number of anilines is 2. The molecule has 2 unspecified atom stereocenters. The zero-order valence-corrected chi connectivity index (χ0v) is 11.4. The topological polar surface area (TPSA) is 71.1 Å². The number of nitrogen functional groups attached to an aromatic ring is 1. The predicted molar refractivity (Wildman–Crippen MR) is 76.8 cm³/mol. The summed E-state index contributed by atoms with van der Waals surface area (Å²) in [6.45, 7) is 3.94. The molecule has 0 aliphatic carbocycles. The molecule has 3 N–H and O–H groups in total. The van der Waals surface area contributed by atoms with Crippen molar-refractivity contribution in [3.63, 3.8) is 0 Å². The lowest BCUT2D eigenvalue weighted by Crippen LogP contribution is -2.22. The van der Waals surface area contributed by atoms with Crippen LogP contribution in [0.25, 0.3) is 0 Å². The van der Waals surface area contributed by atoms with Crippen molar-refractivity contribution >= 4 is 11.4 Å². The summed E-state index contributed by atoms with van der Waals surface area (Å²) in [5.74, 6) is 0.571. The Kier molecular flexibility index (Phi) is 4.64. The van der Waals surface area contributed by atoms with Crippen LogP contribution in [0.5, 0.6) is 0 Å². The quantitative estimate of drug-likeness (QED) is 0.797. The predicted octanol–water partition coefficient (Wildman–Crippen LogP) is 2.56. The molecule has 1 aliphatic heterocycles. The fourth-order valence-electron chi connectivity index (χ4n) is 2.58. The smallest absolute Gasteiger partial charge is 0.0670 e. The Bertz CT molecular complexity index is 467. The summed E-state index contributed by atoms with van der Waals surface area (Å²) in [5.41, 5.74) is 8.44. The van der Waals surface area contributed by atoms with E-state index in [0.717, 1.165) is 37.2 Å². The summed E-state index contributed by atoms with van der Waals surface area (Å²) in [6.07, 6.45) is 2.91. The lowest BCUT2D eigenvalue weighted by Gasteiger charge is -2.18. The van der Waals surface area contributed by atoms with Gasteiger partial charge >= 0.3 is 0 Å². The molecule has 0 aromatic heterocycles. The zero-order chi connectivity index (χ0) is 13.7. The van der Waals surface area contributed by atoms with E-state index >= 15 is 0 Å². The van der Waals surface area contributed by atoms with Gasteiger partial charge in [0.15, 0.2) is 0 Å². The van der Waals surface area contributed by atoms with Crippen LogP contribution in [0.1, 0.15) is 25.3 Å². The minimum atomic E-state index is 0.353. The Morgan fingerprint density at radius 2 is 2.37 bits per heavy atom. The third-order valence-corrected chi connectivity index (χ3v) is 3.73. The molecule has 19 heavy (non-hydrogen) atoms. The summed E-state index contributed by atoms with van der Waals surface area (Å²) in [6, 6.07) is 7.93. The third-order valence-electron chi connectivity index (χ3n) is 3.73. The van der Waals surface area contributed by atoms with E-state index in [9.17, 15) is 0 Å². The molecule has 2 rings (SSSR count). The van der Waals surface area contributed by atoms with Crippen LogP contribution in [-0.2, 0) is 11.2 Å². The average Bonchev–Trinajstić information content (AvgIpc) is 2.87. The first-order valence-corrected chi connectivity index (χ1v) is 6.85. The SMILES string of the molecule is CCC1OCCC1CNc1ccc(N)c(CC#N)c1. The molecule has 1 aromatic rings. The monoisotopic (exact) mass is 259 g/mol. The summed E-state index contributed by atoms with van der Waals surface area (Å²) in [5, 5.41) is 12.2. The second-order valence-electron chi connectivity index (χ2n) is 5.00. The van der Waals surface area contributed by atoms with Gasteiger partial charge < -0.3 is 15.8 Å². The maximum absolute atomic E-state index is 8.76. The van der Waals surface area contributed by atoms with Gasteiger partial charge in [0.25, 0.3) is 0 Å². The Morgan fingerprint density at radius 3 is 3.11 bits per heavy atom. The Hall–Kier alpha value is -1.73. The first-order chi connectivity index (χ1) is 9.24. The van der Waals surface area contributed by atoms with Gasteiger partial charge in [-0.1, -0.05) is 6.92 Å². The molecule has 0 radical (unpaired) electrons. The van der Waals surface area contributed by atoms with Gasteiger partial charge in [-0.05, 0) is 36.6 Å². The highest BCUT2D eigenvalue weighted by molar-refractivity contribution is 5.58. The van der Waals surface area contributed by atoms with Crippen molar-refractivity contribution in [1.29, 1.82) is 5.26 Å². The highest BCUT2D eigenvalue weighted by Crippen LogP contribution is 2.24. The van der Waals surface area contributed by atoms with Crippen molar-refractivity contribution in [1.82, 2.24) is 0 Å². The summed E-state index contributed by atoms with van der Waals surface area (Å²) in [4.78, 5) is 0. The van der Waals surface area contributed by atoms with Gasteiger partial charge in [-0.3, -0.25) is 0 Å². The van der Waals surface area contributed by atoms with Crippen LogP contribution in [0.3, 0.4) is 0 Å². The van der Waals surface area contributed by atoms with Crippen LogP contribution in [0.4, 0.5) is 11.4 Å². The lowest BCUT2D eigenvalue weighted by molar-refractivity contribution is 0.0900. The van der Waals surface area contributed by atoms with Crippen molar-refractivity contribution < 1.29 is 4.74 Å². The largest absolute Gasteiger partial charge is 0.398 e. The second-order valence-corrected chi connectivity index (χ2v) is 5.00. The molecule has 2 atom stereocenters. The number of nitrogens with two attached hydrogens (primary N) is 1. The summed E-state index contributed by atoms with van der Waals surface area (Å²) < 4.78 is 5.68. The van der Waals surface area contributed by atoms with E-state index in [1.165, 1.54) is 0 Å². The normalized spacial score (nSPS) is 22.1. The van der Waals surface area contributed by atoms with Gasteiger partial charge in [0, 0.05) is 30.4 Å². The maximum Gasteiger partial charge on any atom is 0.0670 e. The van der Waals surface area contributed by atoms with Crippen LogP contribution in [0.15, 0.2) is 18.2 Å². The molecule has 0 spiro atoms. The van der Waals surface area contributed by atoms with Gasteiger partial charge in [0.1, 0.15) is 0 Å². The molecule has 1 heterocycles. The average molecular weight is 259 g/mol. The van der Waals surface area contributed by atoms with E-state index in [0.29, 0.717) is 24.1 Å². The fraction of sp³-hybridized carbons (Fsp3) is 0.533. The summed E-state index contributed by atoms with van der Waals surface area (Å²) in [7, 11) is 0. The zero-order valence-electron chi connectivity index (χ0n) is 11.4. The molecule has 4 nitrogen and oxygen atoms in total. The first-order valence-electron chi connectivity index (χ1n) is 6.85. The molecule has 4 heteroatoms. The van der Waals surface area contributed by atoms with Gasteiger partial charge in [0.2, 0.25) is 0 Å². The van der Waals surface area contributed by atoms with Crippen LogP contribution >= 0.6 is 0 Å². The van der Waals surface area contributed by atoms with Crippen LogP contribution in [-0.4, -0.2) is 19.3 Å². The number of rotatable bonds is 5. The van der Waals surface area contributed by atoms with Gasteiger partial charge in [-0.15, -0.1) is 0 Å². The Morgan fingerprint density at radius 1 is 1.53 bits per heavy atom. The molecule has 0 saturated carbocycles. The number of nitrogens with zero attached hydrogens (tertiary/aromatic N) is 1. The Balaban J connectivity index is 1.96. The minimum Gasteiger partial charge on any atom is -0.398 e. The van der Waals surface area contributed by atoms with Crippen LogP contribution in [0.2, 0.25) is 0 Å². The Labute approximate surface area is 114 Å². The van der Waals surface area contributed by atoms with Crippen LogP contribution in [0, 0.1) is 17.2 Å². The molecular weight excluding hydrogens is 238 g/mol. The summed E-state index contributed by atoms with van der Waals surface area (Å²) >= 11 is 0. The number of hydrogen-bond acceptors (Lipinski definition) is 4. The molecular formula is C15H21N3O. The third kappa shape index (κ3) is 3.39. The van der Waals surface area contributed by atoms with Crippen molar-refractivity contribution in [2.75, 3.05) is 24.2 Å². The van der Waals surface area contributed by atoms with E-state index < -0.39 is 0 Å². The fourth-order valence-corrected chi connectivity index (χ4v) is 2.58. The van der Waals surface area contributed by atoms with E-state index in [4.69, 9.17) is 15.7 Å². The molecule has 102 valence electrons. The van der Waals surface area contributed by atoms with E-state index in [2.05, 4.69) is 18.3 Å². The van der Waals surface area contributed by atoms with Crippen molar-refractivity contribution in [2.24, 2.45) is 5.92 Å². The van der Waals surface area contributed by atoms with E-state index in [1.807, 2.05) is 18.2 Å². The first kappa shape index (κ1) is 13.7. The highest BCUT2D eigenvalue weighted by atomic mass is 16.5. The molecule has 1 fully saturated rings. The van der Waals surface area contributed by atoms with Crippen molar-refractivity contribution in [3.8, 4) is 6.07 Å². The van der Waals surface area contributed by atoms with Crippen molar-refractivity contribution in [2.45, 2.75) is 32.3 Å². The number of benzene rings is 1. The standard InChI is InChI=1S/C15H21N3O/c1-2-15-12(6-8-19-15)10-18-13-3-4-14(17)11(9-13)5-7-16/h3-4,9,12,15,18H,2,5-6,8,10,17H2,1H3. The minimum absolute atomic E-state index is 0.353. The van der Waals surface area contributed by atoms with E-state index in [-0.39, 0.29) is 0 Å². The van der Waals surface area contributed by atoms with Crippen LogP contribution < -0.4 is 11.1 Å². The van der Waals surface area contributed by atoms with Gasteiger partial charge in [-0.25, -0.2) is 0 Å². The molecule has 1 aromatic carbocycles. The maximum atomic E-state index is 8.76. The number of nitriles is 1. The van der Waals surface area contributed by atoms with E-state index in [1.54, 1.807) is 0 Å². The molecule has 0 bridgehead atoms. The molecule has 1 saturated heterocycles. The van der Waals surface area contributed by atoms with Gasteiger partial charge in [0.05, 0.1) is 18.6 Å². The number of ether oxygens (including phenoxy) is 1. The second kappa shape index (κ2) is 6.44. The number of nitrogens with one attached hydrogen (secondary N) is 1. The van der Waals surface area contributed by atoms with Crippen molar-refractivity contribution in [3.05, 3.63) is 23.8 Å². The molecule has 1 aliphatic rings. The lowest BCUT2D eigenvalue weighted by atomic mass is 9.99.